The van der Waals surface area contributed by atoms with Crippen molar-refractivity contribution in [1.29, 1.82) is 0 Å². The van der Waals surface area contributed by atoms with Crippen molar-refractivity contribution in [2.75, 3.05) is 0 Å². The molecule has 0 aliphatic rings. The van der Waals surface area contributed by atoms with E-state index in [4.69, 9.17) is 0 Å². The Kier molecular flexibility index (Phi) is 3.48. The van der Waals surface area contributed by atoms with Crippen LogP contribution in [0.1, 0.15) is 32.8 Å². The van der Waals surface area contributed by atoms with Crippen molar-refractivity contribution >= 4 is 0 Å². The zero-order valence-corrected chi connectivity index (χ0v) is 9.12. The highest BCUT2D eigenvalue weighted by Crippen LogP contribution is 2.24. The van der Waals surface area contributed by atoms with Crippen molar-refractivity contribution in [3.8, 4) is 0 Å². The van der Waals surface area contributed by atoms with Gasteiger partial charge in [0.2, 0.25) is 0 Å². The molecule has 0 spiro atoms. The van der Waals surface area contributed by atoms with Gasteiger partial charge in [-0.25, -0.2) is 0 Å². The molecule has 76 valence electrons. The van der Waals surface area contributed by atoms with Crippen LogP contribution in [-0.4, -0.2) is 5.11 Å². The van der Waals surface area contributed by atoms with Crippen molar-refractivity contribution in [3.05, 3.63) is 47.5 Å². The molecule has 1 heteroatoms. The summed E-state index contributed by atoms with van der Waals surface area (Å²) >= 11 is 0. The molecule has 1 aromatic rings. The van der Waals surface area contributed by atoms with E-state index in [1.54, 1.807) is 0 Å². The Labute approximate surface area is 86.1 Å². The van der Waals surface area contributed by atoms with E-state index < -0.39 is 5.60 Å². The van der Waals surface area contributed by atoms with E-state index in [1.807, 2.05) is 51.1 Å². The molecular weight excluding hydrogens is 172 g/mol. The maximum Gasteiger partial charge on any atom is 0.0902 e. The minimum atomic E-state index is -0.751. The van der Waals surface area contributed by atoms with Crippen LogP contribution in [0.5, 0.6) is 0 Å². The van der Waals surface area contributed by atoms with Crippen LogP contribution in [0.2, 0.25) is 0 Å². The molecule has 0 heterocycles. The fourth-order valence-corrected chi connectivity index (χ4v) is 1.32. The summed E-state index contributed by atoms with van der Waals surface area (Å²) in [5, 5.41) is 10.2. The Hall–Kier alpha value is -1.08. The minimum absolute atomic E-state index is 0.666. The Morgan fingerprint density at radius 3 is 2.36 bits per heavy atom. The van der Waals surface area contributed by atoms with Gasteiger partial charge in [-0.15, -0.1) is 0 Å². The van der Waals surface area contributed by atoms with Crippen LogP contribution in [0.3, 0.4) is 0 Å². The van der Waals surface area contributed by atoms with Crippen molar-refractivity contribution < 1.29 is 5.11 Å². The SMILES string of the molecule is CC(C)=CCC(C)(O)c1ccccc1. The Bertz CT molecular complexity index is 305. The van der Waals surface area contributed by atoms with Crippen molar-refractivity contribution in [2.45, 2.75) is 32.8 Å². The lowest BCUT2D eigenvalue weighted by Gasteiger charge is -2.22. The molecule has 0 radical (unpaired) electrons. The Balaban J connectivity index is 2.81. The zero-order chi connectivity index (χ0) is 10.6. The maximum absolute atomic E-state index is 10.2. The highest BCUT2D eigenvalue weighted by Gasteiger charge is 2.20. The molecule has 0 aliphatic carbocycles. The summed E-state index contributed by atoms with van der Waals surface area (Å²) in [6.45, 7) is 5.93. The van der Waals surface area contributed by atoms with Gasteiger partial charge >= 0.3 is 0 Å². The van der Waals surface area contributed by atoms with Crippen LogP contribution in [0, 0.1) is 0 Å². The third-order valence-corrected chi connectivity index (χ3v) is 2.30. The predicted molar refractivity (Wildman–Crippen MR) is 60.1 cm³/mol. The molecule has 0 saturated heterocycles. The fourth-order valence-electron chi connectivity index (χ4n) is 1.32. The highest BCUT2D eigenvalue weighted by atomic mass is 16.3. The minimum Gasteiger partial charge on any atom is -0.385 e. The standard InChI is InChI=1S/C13H18O/c1-11(2)9-10-13(3,14)12-7-5-4-6-8-12/h4-9,14H,10H2,1-3H3. The summed E-state index contributed by atoms with van der Waals surface area (Å²) in [7, 11) is 0. The summed E-state index contributed by atoms with van der Waals surface area (Å²) in [4.78, 5) is 0. The lowest BCUT2D eigenvalue weighted by atomic mass is 9.92. The Morgan fingerprint density at radius 2 is 1.86 bits per heavy atom. The van der Waals surface area contributed by atoms with Gasteiger partial charge in [0.15, 0.2) is 0 Å². The number of hydrogen-bond acceptors (Lipinski definition) is 1. The molecular formula is C13H18O. The van der Waals surface area contributed by atoms with Crippen molar-refractivity contribution in [1.82, 2.24) is 0 Å². The van der Waals surface area contributed by atoms with Gasteiger partial charge in [-0.05, 0) is 32.8 Å². The summed E-state index contributed by atoms with van der Waals surface area (Å²) in [5.74, 6) is 0. The second-order valence-electron chi connectivity index (χ2n) is 4.13. The largest absolute Gasteiger partial charge is 0.385 e. The van der Waals surface area contributed by atoms with Gasteiger partial charge < -0.3 is 5.11 Å². The smallest absolute Gasteiger partial charge is 0.0902 e. The predicted octanol–water partition coefficient (Wildman–Crippen LogP) is 3.25. The second-order valence-corrected chi connectivity index (χ2v) is 4.13. The molecule has 1 unspecified atom stereocenters. The average molecular weight is 190 g/mol. The van der Waals surface area contributed by atoms with Crippen LogP contribution in [0.15, 0.2) is 42.0 Å². The first-order chi connectivity index (χ1) is 6.52. The number of allylic oxidation sites excluding steroid dienone is 1. The molecule has 0 aromatic heterocycles. The van der Waals surface area contributed by atoms with E-state index in [0.29, 0.717) is 6.42 Å². The van der Waals surface area contributed by atoms with Gasteiger partial charge in [0.25, 0.3) is 0 Å². The monoisotopic (exact) mass is 190 g/mol. The number of aliphatic hydroxyl groups is 1. The first-order valence-corrected chi connectivity index (χ1v) is 4.93. The molecule has 0 saturated carbocycles. The second kappa shape index (κ2) is 4.43. The average Bonchev–Trinajstić information content (AvgIpc) is 2.16. The number of benzene rings is 1. The highest BCUT2D eigenvalue weighted by molar-refractivity contribution is 5.22. The van der Waals surface area contributed by atoms with E-state index in [1.165, 1.54) is 5.57 Å². The van der Waals surface area contributed by atoms with E-state index in [-0.39, 0.29) is 0 Å². The van der Waals surface area contributed by atoms with Gasteiger partial charge in [-0.1, -0.05) is 42.0 Å². The summed E-state index contributed by atoms with van der Waals surface area (Å²) in [6.07, 6.45) is 2.73. The third-order valence-electron chi connectivity index (χ3n) is 2.30. The van der Waals surface area contributed by atoms with Gasteiger partial charge in [0, 0.05) is 0 Å². The molecule has 0 fully saturated rings. The van der Waals surface area contributed by atoms with E-state index in [2.05, 4.69) is 6.08 Å². The van der Waals surface area contributed by atoms with E-state index >= 15 is 0 Å². The van der Waals surface area contributed by atoms with E-state index in [0.717, 1.165) is 5.56 Å². The van der Waals surface area contributed by atoms with Gasteiger partial charge in [-0.3, -0.25) is 0 Å². The number of rotatable bonds is 3. The van der Waals surface area contributed by atoms with E-state index in [9.17, 15) is 5.11 Å². The molecule has 14 heavy (non-hydrogen) atoms. The van der Waals surface area contributed by atoms with Crippen molar-refractivity contribution in [2.24, 2.45) is 0 Å². The normalized spacial score (nSPS) is 14.6. The molecule has 0 amide bonds. The quantitative estimate of drug-likeness (QED) is 0.725. The molecule has 1 N–H and O–H groups in total. The van der Waals surface area contributed by atoms with Gasteiger partial charge in [0.1, 0.15) is 0 Å². The summed E-state index contributed by atoms with van der Waals surface area (Å²) in [6, 6.07) is 9.77. The van der Waals surface area contributed by atoms with Crippen LogP contribution < -0.4 is 0 Å². The summed E-state index contributed by atoms with van der Waals surface area (Å²) < 4.78 is 0. The van der Waals surface area contributed by atoms with Crippen LogP contribution >= 0.6 is 0 Å². The molecule has 1 atom stereocenters. The lowest BCUT2D eigenvalue weighted by Crippen LogP contribution is -2.19. The zero-order valence-electron chi connectivity index (χ0n) is 9.12. The van der Waals surface area contributed by atoms with Gasteiger partial charge in [-0.2, -0.15) is 0 Å². The molecule has 1 nitrogen and oxygen atoms in total. The number of hydrogen-bond donors (Lipinski definition) is 1. The first-order valence-electron chi connectivity index (χ1n) is 4.93. The fraction of sp³-hybridized carbons (Fsp3) is 0.385. The van der Waals surface area contributed by atoms with Crippen molar-refractivity contribution in [3.63, 3.8) is 0 Å². The molecule has 1 aromatic carbocycles. The van der Waals surface area contributed by atoms with Crippen LogP contribution in [0.25, 0.3) is 0 Å². The summed E-state index contributed by atoms with van der Waals surface area (Å²) in [5.41, 5.74) is 1.46. The Morgan fingerprint density at radius 1 is 1.29 bits per heavy atom. The maximum atomic E-state index is 10.2. The van der Waals surface area contributed by atoms with Crippen LogP contribution in [0.4, 0.5) is 0 Å². The third kappa shape index (κ3) is 3.00. The first kappa shape index (κ1) is 11.0. The molecule has 1 rings (SSSR count). The topological polar surface area (TPSA) is 20.2 Å². The van der Waals surface area contributed by atoms with Crippen LogP contribution in [-0.2, 0) is 5.60 Å². The lowest BCUT2D eigenvalue weighted by molar-refractivity contribution is 0.0603. The molecule has 0 bridgehead atoms. The van der Waals surface area contributed by atoms with Gasteiger partial charge in [0.05, 0.1) is 5.60 Å². The molecule has 0 aliphatic heterocycles.